The molecule has 3 heterocycles. The molecule has 7 heteroatoms. The maximum atomic E-state index is 12.0. The molecule has 3 aromatic heterocycles. The Balaban J connectivity index is 1.34. The van der Waals surface area contributed by atoms with Crippen molar-refractivity contribution in [1.82, 2.24) is 19.7 Å². The van der Waals surface area contributed by atoms with Gasteiger partial charge in [0.1, 0.15) is 17.8 Å². The Hall–Kier alpha value is -3.48. The number of carbonyl (C=O) groups excluding carboxylic acids is 1. The molecule has 0 radical (unpaired) electrons. The van der Waals surface area contributed by atoms with Crippen molar-refractivity contribution < 1.29 is 9.32 Å². The van der Waals surface area contributed by atoms with Gasteiger partial charge in [-0.05, 0) is 48.4 Å². The zero-order valence-corrected chi connectivity index (χ0v) is 18.6. The fourth-order valence-corrected chi connectivity index (χ4v) is 4.05. The molecule has 1 N–H and O–H groups in total. The molecule has 0 spiro atoms. The van der Waals surface area contributed by atoms with E-state index in [9.17, 15) is 9.59 Å². The summed E-state index contributed by atoms with van der Waals surface area (Å²) < 4.78 is 6.40. The number of unbranched alkanes of at least 4 members (excludes halogenated alkanes) is 3. The highest BCUT2D eigenvalue weighted by Crippen LogP contribution is 2.28. The summed E-state index contributed by atoms with van der Waals surface area (Å²) in [7, 11) is 1.81. The van der Waals surface area contributed by atoms with Crippen molar-refractivity contribution in [3.05, 3.63) is 70.2 Å². The number of benzene rings is 1. The van der Waals surface area contributed by atoms with Gasteiger partial charge in [0.25, 0.3) is 5.56 Å². The quantitative estimate of drug-likeness (QED) is 0.285. The van der Waals surface area contributed by atoms with Crippen LogP contribution in [0.4, 0.5) is 0 Å². The summed E-state index contributed by atoms with van der Waals surface area (Å²) in [6.45, 7) is 2.12. The van der Waals surface area contributed by atoms with Crippen LogP contribution in [0.25, 0.3) is 22.2 Å². The summed E-state index contributed by atoms with van der Waals surface area (Å²) in [5.74, 6) is 1.01. The second-order valence-electron chi connectivity index (χ2n) is 8.12. The smallest absolute Gasteiger partial charge is 0.250 e. The number of H-pyrrole nitrogens is 1. The Bertz CT molecular complexity index is 1270. The minimum Gasteiger partial charge on any atom is -0.364 e. The van der Waals surface area contributed by atoms with Crippen molar-refractivity contribution in [1.29, 1.82) is 0 Å². The lowest BCUT2D eigenvalue weighted by molar-refractivity contribution is 0.0970. The van der Waals surface area contributed by atoms with E-state index < -0.39 is 0 Å². The molecule has 0 aliphatic carbocycles. The van der Waals surface area contributed by atoms with E-state index in [0.29, 0.717) is 12.1 Å². The summed E-state index contributed by atoms with van der Waals surface area (Å²) in [6.07, 6.45) is 9.50. The van der Waals surface area contributed by atoms with E-state index in [-0.39, 0.29) is 11.3 Å². The number of aromatic nitrogens is 4. The van der Waals surface area contributed by atoms with Gasteiger partial charge in [0.05, 0.1) is 17.4 Å². The van der Waals surface area contributed by atoms with Gasteiger partial charge in [0.15, 0.2) is 5.78 Å². The first-order chi connectivity index (χ1) is 15.6. The molecule has 32 heavy (non-hydrogen) atoms. The Morgan fingerprint density at radius 3 is 2.75 bits per heavy atom. The maximum absolute atomic E-state index is 12.0. The van der Waals surface area contributed by atoms with Crippen LogP contribution in [0.3, 0.4) is 0 Å². The Kier molecular flexibility index (Phi) is 6.63. The second-order valence-corrected chi connectivity index (χ2v) is 8.12. The third-order valence-electron chi connectivity index (χ3n) is 5.94. The van der Waals surface area contributed by atoms with Crippen molar-refractivity contribution in [2.24, 2.45) is 7.05 Å². The van der Waals surface area contributed by atoms with E-state index in [1.165, 1.54) is 11.8 Å². The van der Waals surface area contributed by atoms with Crippen LogP contribution < -0.4 is 5.56 Å². The predicted octanol–water partition coefficient (Wildman–Crippen LogP) is 4.85. The van der Waals surface area contributed by atoms with Gasteiger partial charge in [0.2, 0.25) is 0 Å². The maximum Gasteiger partial charge on any atom is 0.250 e. The average Bonchev–Trinajstić information content (AvgIpc) is 3.50. The van der Waals surface area contributed by atoms with Crippen LogP contribution in [0.5, 0.6) is 0 Å². The SMILES string of the molecule is CCc1cc2c(ccc(=O)n2C)cc1-c1cnc(CCCCCCC(=O)c2ccon2)[nH]1. The molecule has 0 atom stereocenters. The van der Waals surface area contributed by atoms with Crippen LogP contribution in [-0.4, -0.2) is 25.5 Å². The number of aryl methyl sites for hydroxylation is 3. The molecule has 7 nitrogen and oxygen atoms in total. The first-order valence-electron chi connectivity index (χ1n) is 11.2. The molecule has 0 aliphatic rings. The van der Waals surface area contributed by atoms with Crippen molar-refractivity contribution in [3.8, 4) is 11.3 Å². The normalized spacial score (nSPS) is 11.3. The summed E-state index contributed by atoms with van der Waals surface area (Å²) in [6, 6.07) is 9.34. The lowest BCUT2D eigenvalue weighted by Crippen LogP contribution is -2.15. The van der Waals surface area contributed by atoms with Crippen molar-refractivity contribution in [2.75, 3.05) is 0 Å². The van der Waals surface area contributed by atoms with E-state index in [4.69, 9.17) is 4.52 Å². The number of Topliss-reactive ketones (excluding diaryl/α,β-unsaturated/α-hetero) is 1. The zero-order chi connectivity index (χ0) is 22.5. The summed E-state index contributed by atoms with van der Waals surface area (Å²) in [5.41, 5.74) is 4.68. The number of rotatable bonds is 10. The van der Waals surface area contributed by atoms with E-state index in [1.54, 1.807) is 16.7 Å². The van der Waals surface area contributed by atoms with Crippen molar-refractivity contribution >= 4 is 16.7 Å². The van der Waals surface area contributed by atoms with Gasteiger partial charge in [-0.25, -0.2) is 4.98 Å². The monoisotopic (exact) mass is 432 g/mol. The molecule has 0 fully saturated rings. The van der Waals surface area contributed by atoms with E-state index in [1.807, 2.05) is 19.3 Å². The van der Waals surface area contributed by atoms with E-state index in [2.05, 4.69) is 34.2 Å². The average molecular weight is 433 g/mol. The largest absolute Gasteiger partial charge is 0.364 e. The number of aromatic amines is 1. The standard InChI is InChI=1S/C25H28N4O3/c1-3-17-15-22-18(10-11-25(31)29(22)2)14-19(17)21-16-26-24(27-21)9-7-5-4-6-8-23(30)20-12-13-32-28-20/h10-16H,3-9H2,1-2H3,(H,26,27). The zero-order valence-electron chi connectivity index (χ0n) is 18.6. The van der Waals surface area contributed by atoms with Crippen LogP contribution in [0, 0.1) is 0 Å². The highest BCUT2D eigenvalue weighted by atomic mass is 16.5. The van der Waals surface area contributed by atoms with Gasteiger partial charge in [-0.15, -0.1) is 0 Å². The predicted molar refractivity (Wildman–Crippen MR) is 124 cm³/mol. The Morgan fingerprint density at radius 2 is 1.97 bits per heavy atom. The summed E-state index contributed by atoms with van der Waals surface area (Å²) in [4.78, 5) is 31.9. The van der Waals surface area contributed by atoms with Gasteiger partial charge >= 0.3 is 0 Å². The van der Waals surface area contributed by atoms with Crippen LogP contribution in [0.1, 0.15) is 60.9 Å². The third-order valence-corrected chi connectivity index (χ3v) is 5.94. The number of ketones is 1. The third kappa shape index (κ3) is 4.72. The lowest BCUT2D eigenvalue weighted by Gasteiger charge is -2.11. The minimum atomic E-state index is -0.00126. The molecule has 1 aromatic carbocycles. The van der Waals surface area contributed by atoms with E-state index in [0.717, 1.165) is 66.5 Å². The number of imidazole rings is 1. The summed E-state index contributed by atoms with van der Waals surface area (Å²) in [5, 5.41) is 4.72. The van der Waals surface area contributed by atoms with Crippen molar-refractivity contribution in [3.63, 3.8) is 0 Å². The fraction of sp³-hybridized carbons (Fsp3) is 0.360. The molecular formula is C25H28N4O3. The molecule has 4 aromatic rings. The molecule has 0 saturated heterocycles. The first kappa shape index (κ1) is 21.7. The second kappa shape index (κ2) is 9.77. The summed E-state index contributed by atoms with van der Waals surface area (Å²) >= 11 is 0. The topological polar surface area (TPSA) is 93.8 Å². The molecule has 0 aliphatic heterocycles. The van der Waals surface area contributed by atoms with Crippen LogP contribution in [0.15, 0.2) is 52.1 Å². The number of hydrogen-bond donors (Lipinski definition) is 1. The molecule has 0 bridgehead atoms. The fourth-order valence-electron chi connectivity index (χ4n) is 4.05. The molecule has 0 unspecified atom stereocenters. The Labute approximate surface area is 186 Å². The van der Waals surface area contributed by atoms with Crippen LogP contribution in [-0.2, 0) is 19.9 Å². The van der Waals surface area contributed by atoms with Gasteiger partial charge in [0, 0.05) is 37.6 Å². The number of hydrogen-bond acceptors (Lipinski definition) is 5. The first-order valence-corrected chi connectivity index (χ1v) is 11.2. The highest BCUT2D eigenvalue weighted by molar-refractivity contribution is 5.93. The number of carbonyl (C=O) groups is 1. The molecule has 4 rings (SSSR count). The van der Waals surface area contributed by atoms with Gasteiger partial charge in [-0.1, -0.05) is 24.9 Å². The molecule has 0 amide bonds. The van der Waals surface area contributed by atoms with E-state index >= 15 is 0 Å². The van der Waals surface area contributed by atoms with Gasteiger partial charge in [-0.3, -0.25) is 9.59 Å². The number of fused-ring (bicyclic) bond motifs is 1. The van der Waals surface area contributed by atoms with Crippen molar-refractivity contribution in [2.45, 2.75) is 51.9 Å². The van der Waals surface area contributed by atoms with Gasteiger partial charge < -0.3 is 14.1 Å². The molecule has 0 saturated carbocycles. The lowest BCUT2D eigenvalue weighted by atomic mass is 9.99. The number of pyridine rings is 1. The minimum absolute atomic E-state index is 0.00126. The number of nitrogens with one attached hydrogen (secondary N) is 1. The molecule has 166 valence electrons. The van der Waals surface area contributed by atoms with Gasteiger partial charge in [-0.2, -0.15) is 0 Å². The van der Waals surface area contributed by atoms with Crippen LogP contribution >= 0.6 is 0 Å². The Morgan fingerprint density at radius 1 is 1.12 bits per heavy atom. The number of nitrogens with zero attached hydrogens (tertiary/aromatic N) is 3. The van der Waals surface area contributed by atoms with Crippen LogP contribution in [0.2, 0.25) is 0 Å². The molecular weight excluding hydrogens is 404 g/mol. The highest BCUT2D eigenvalue weighted by Gasteiger charge is 2.12.